The lowest BCUT2D eigenvalue weighted by Gasteiger charge is -2.18. The molecule has 2 aliphatic rings. The number of aromatic nitrogens is 2. The number of hydrogen-bond acceptors (Lipinski definition) is 6. The molecule has 0 aliphatic carbocycles. The third-order valence-electron chi connectivity index (χ3n) is 5.77. The Morgan fingerprint density at radius 2 is 2.00 bits per heavy atom. The third-order valence-corrected chi connectivity index (χ3v) is 8.04. The van der Waals surface area contributed by atoms with Crippen LogP contribution in [0.5, 0.6) is 0 Å². The molecule has 2 aliphatic heterocycles. The van der Waals surface area contributed by atoms with Crippen LogP contribution in [-0.4, -0.2) is 49.9 Å². The monoisotopic (exact) mass is 507 g/mol. The first-order valence-corrected chi connectivity index (χ1v) is 13.6. The van der Waals surface area contributed by atoms with Crippen LogP contribution in [0.1, 0.15) is 25.3 Å². The number of benzene rings is 2. The summed E-state index contributed by atoms with van der Waals surface area (Å²) in [7, 11) is 0. The van der Waals surface area contributed by atoms with Crippen LogP contribution >= 0.6 is 35.7 Å². The minimum Gasteiger partial charge on any atom is -0.376 e. The zero-order valence-corrected chi connectivity index (χ0v) is 21.3. The molecule has 2 saturated heterocycles. The largest absolute Gasteiger partial charge is 0.376 e. The lowest BCUT2D eigenvalue weighted by molar-refractivity contribution is -0.123. The summed E-state index contributed by atoms with van der Waals surface area (Å²) in [5, 5.41) is 4.89. The van der Waals surface area contributed by atoms with Crippen molar-refractivity contribution in [3.8, 4) is 16.9 Å². The van der Waals surface area contributed by atoms with Crippen LogP contribution in [0.4, 0.5) is 0 Å². The van der Waals surface area contributed by atoms with Crippen molar-refractivity contribution in [2.45, 2.75) is 30.8 Å². The maximum atomic E-state index is 13.2. The number of nitrogens with zero attached hydrogens (tertiary/aromatic N) is 3. The van der Waals surface area contributed by atoms with Crippen molar-refractivity contribution < 1.29 is 9.53 Å². The Morgan fingerprint density at radius 3 is 2.71 bits per heavy atom. The van der Waals surface area contributed by atoms with E-state index in [0.29, 0.717) is 15.8 Å². The summed E-state index contributed by atoms with van der Waals surface area (Å²) in [6.45, 7) is 3.43. The van der Waals surface area contributed by atoms with Gasteiger partial charge in [0, 0.05) is 28.8 Å². The van der Waals surface area contributed by atoms with E-state index in [-0.39, 0.29) is 12.0 Å². The van der Waals surface area contributed by atoms with Crippen LogP contribution in [0.3, 0.4) is 0 Å². The normalized spacial score (nSPS) is 19.5. The molecule has 0 radical (unpaired) electrons. The van der Waals surface area contributed by atoms with E-state index in [4.69, 9.17) is 22.1 Å². The zero-order valence-electron chi connectivity index (χ0n) is 18.8. The molecule has 3 heterocycles. The third kappa shape index (κ3) is 5.00. The molecule has 1 atom stereocenters. The highest BCUT2D eigenvalue weighted by atomic mass is 32.2. The Bertz CT molecular complexity index is 1220. The Balaban J connectivity index is 1.49. The van der Waals surface area contributed by atoms with E-state index in [9.17, 15) is 4.79 Å². The van der Waals surface area contributed by atoms with Gasteiger partial charge in [-0.2, -0.15) is 5.10 Å². The summed E-state index contributed by atoms with van der Waals surface area (Å²) in [6.07, 6.45) is 5.97. The average molecular weight is 508 g/mol. The summed E-state index contributed by atoms with van der Waals surface area (Å²) < 4.78 is 8.18. The molecular weight excluding hydrogens is 483 g/mol. The number of ether oxygens (including phenoxy) is 1. The molecular formula is C26H25N3O2S3. The number of rotatable bonds is 7. The molecule has 0 bridgehead atoms. The fourth-order valence-corrected chi connectivity index (χ4v) is 6.02. The fourth-order valence-electron chi connectivity index (χ4n) is 4.10. The van der Waals surface area contributed by atoms with Gasteiger partial charge in [0.2, 0.25) is 0 Å². The van der Waals surface area contributed by atoms with E-state index in [1.807, 2.05) is 59.0 Å². The van der Waals surface area contributed by atoms with Crippen LogP contribution < -0.4 is 0 Å². The molecule has 2 aromatic carbocycles. The minimum absolute atomic E-state index is 0.0568. The van der Waals surface area contributed by atoms with Crippen molar-refractivity contribution >= 4 is 52.0 Å². The average Bonchev–Trinajstić information content (AvgIpc) is 3.58. The number of hydrogen-bond donors (Lipinski definition) is 0. The Morgan fingerprint density at radius 1 is 1.21 bits per heavy atom. The van der Waals surface area contributed by atoms with Crippen molar-refractivity contribution in [2.75, 3.05) is 18.9 Å². The van der Waals surface area contributed by atoms with E-state index in [1.54, 1.807) is 4.90 Å². The Labute approximate surface area is 213 Å². The second kappa shape index (κ2) is 10.5. The molecule has 34 heavy (non-hydrogen) atoms. The van der Waals surface area contributed by atoms with E-state index >= 15 is 0 Å². The molecule has 1 unspecified atom stereocenters. The predicted octanol–water partition coefficient (Wildman–Crippen LogP) is 6.03. The second-order valence-electron chi connectivity index (χ2n) is 8.10. The van der Waals surface area contributed by atoms with Crippen LogP contribution in [0.25, 0.3) is 23.0 Å². The summed E-state index contributed by atoms with van der Waals surface area (Å²) >= 11 is 8.70. The van der Waals surface area contributed by atoms with Gasteiger partial charge in [0.05, 0.1) is 28.9 Å². The van der Waals surface area contributed by atoms with Crippen LogP contribution in [0.2, 0.25) is 0 Å². The Kier molecular flexibility index (Phi) is 7.20. The molecule has 8 heteroatoms. The van der Waals surface area contributed by atoms with E-state index in [0.717, 1.165) is 47.7 Å². The maximum absolute atomic E-state index is 13.2. The summed E-state index contributed by atoms with van der Waals surface area (Å²) in [6, 6.07) is 18.4. The van der Waals surface area contributed by atoms with Gasteiger partial charge >= 0.3 is 0 Å². The van der Waals surface area contributed by atoms with E-state index < -0.39 is 0 Å². The van der Waals surface area contributed by atoms with E-state index in [2.05, 4.69) is 31.2 Å². The van der Waals surface area contributed by atoms with Crippen molar-refractivity contribution in [1.82, 2.24) is 14.7 Å². The van der Waals surface area contributed by atoms with Gasteiger partial charge in [-0.3, -0.25) is 9.69 Å². The standard InChI is InChI=1S/C26H25N3O2S3/c1-2-33-22-12-10-18(11-13-22)24-19(16-29(27-24)20-7-4-3-5-8-20)15-23-25(30)28(26(32)34-23)17-21-9-6-14-31-21/h3-5,7-8,10-13,15-16,21H,2,6,9,14,17H2,1H3/b23-15-. The summed E-state index contributed by atoms with van der Waals surface area (Å²) in [5.74, 6) is 0.972. The zero-order chi connectivity index (χ0) is 23.5. The van der Waals surface area contributed by atoms with Gasteiger partial charge in [0.15, 0.2) is 0 Å². The van der Waals surface area contributed by atoms with Crippen molar-refractivity contribution in [3.05, 3.63) is 71.3 Å². The van der Waals surface area contributed by atoms with Gasteiger partial charge in [-0.15, -0.1) is 11.8 Å². The molecule has 5 rings (SSSR count). The SMILES string of the molecule is CCSc1ccc(-c2nn(-c3ccccc3)cc2/C=C2\SC(=S)N(CC3CCCO3)C2=O)cc1. The number of carbonyl (C=O) groups is 1. The highest BCUT2D eigenvalue weighted by Gasteiger charge is 2.35. The molecule has 1 aromatic heterocycles. The minimum atomic E-state index is -0.0568. The highest BCUT2D eigenvalue weighted by molar-refractivity contribution is 8.26. The number of carbonyl (C=O) groups excluding carboxylic acids is 1. The molecule has 3 aromatic rings. The molecule has 1 amide bonds. The second-order valence-corrected chi connectivity index (χ2v) is 11.1. The summed E-state index contributed by atoms with van der Waals surface area (Å²) in [5.41, 5.74) is 3.70. The number of para-hydroxylation sites is 1. The van der Waals surface area contributed by atoms with Crippen molar-refractivity contribution in [1.29, 1.82) is 0 Å². The summed E-state index contributed by atoms with van der Waals surface area (Å²) in [4.78, 5) is 16.7. The maximum Gasteiger partial charge on any atom is 0.266 e. The first kappa shape index (κ1) is 23.4. The van der Waals surface area contributed by atoms with Crippen LogP contribution in [0.15, 0.2) is 70.6 Å². The first-order valence-electron chi connectivity index (χ1n) is 11.4. The van der Waals surface area contributed by atoms with Crippen molar-refractivity contribution in [2.24, 2.45) is 0 Å². The van der Waals surface area contributed by atoms with E-state index in [1.165, 1.54) is 16.7 Å². The first-order chi connectivity index (χ1) is 16.6. The molecule has 0 N–H and O–H groups in total. The number of amides is 1. The predicted molar refractivity (Wildman–Crippen MR) is 144 cm³/mol. The lowest BCUT2D eigenvalue weighted by atomic mass is 10.1. The van der Waals surface area contributed by atoms with Crippen LogP contribution in [0, 0.1) is 0 Å². The van der Waals surface area contributed by atoms with Gasteiger partial charge in [-0.1, -0.05) is 61.2 Å². The molecule has 5 nitrogen and oxygen atoms in total. The quantitative estimate of drug-likeness (QED) is 0.221. The highest BCUT2D eigenvalue weighted by Crippen LogP contribution is 2.36. The number of thioether (sulfide) groups is 2. The van der Waals surface area contributed by atoms with Crippen LogP contribution in [-0.2, 0) is 9.53 Å². The van der Waals surface area contributed by atoms with Gasteiger partial charge in [0.1, 0.15) is 4.32 Å². The lowest BCUT2D eigenvalue weighted by Crippen LogP contribution is -2.35. The topological polar surface area (TPSA) is 47.4 Å². The number of thiocarbonyl (C=S) groups is 1. The Hall–Kier alpha value is -2.39. The smallest absolute Gasteiger partial charge is 0.266 e. The molecule has 0 spiro atoms. The molecule has 2 fully saturated rings. The molecule has 0 saturated carbocycles. The molecule has 174 valence electrons. The van der Waals surface area contributed by atoms with Gasteiger partial charge in [-0.25, -0.2) is 4.68 Å². The van der Waals surface area contributed by atoms with Gasteiger partial charge < -0.3 is 4.74 Å². The van der Waals surface area contributed by atoms with Gasteiger partial charge in [-0.05, 0) is 48.9 Å². The van der Waals surface area contributed by atoms with Crippen molar-refractivity contribution in [3.63, 3.8) is 0 Å². The fraction of sp³-hybridized carbons (Fsp3) is 0.269. The van der Waals surface area contributed by atoms with Gasteiger partial charge in [0.25, 0.3) is 5.91 Å².